The highest BCUT2D eigenvalue weighted by molar-refractivity contribution is 7.88. The van der Waals surface area contributed by atoms with Crippen molar-refractivity contribution in [2.75, 3.05) is 25.9 Å². The average Bonchev–Trinajstić information content (AvgIpc) is 2.59. The Morgan fingerprint density at radius 1 is 1.48 bits per heavy atom. The maximum atomic E-state index is 12.1. The van der Waals surface area contributed by atoms with E-state index in [-0.39, 0.29) is 19.6 Å². The van der Waals surface area contributed by atoms with Crippen molar-refractivity contribution in [3.8, 4) is 0 Å². The summed E-state index contributed by atoms with van der Waals surface area (Å²) in [7, 11) is -3.30. The fourth-order valence-electron chi connectivity index (χ4n) is 2.48. The molecule has 3 amide bonds. The van der Waals surface area contributed by atoms with Crippen molar-refractivity contribution in [1.29, 1.82) is 0 Å². The molecule has 0 aromatic heterocycles. The number of hydrogen-bond donors (Lipinski definition) is 3. The molecular weight excluding hydrogens is 300 g/mol. The lowest BCUT2D eigenvalue weighted by Gasteiger charge is -2.29. The summed E-state index contributed by atoms with van der Waals surface area (Å²) in [6.07, 6.45) is 2.71. The molecule has 3 N–H and O–H groups in total. The van der Waals surface area contributed by atoms with Crippen LogP contribution in [0.3, 0.4) is 0 Å². The van der Waals surface area contributed by atoms with Gasteiger partial charge in [-0.15, -0.1) is 0 Å². The zero-order valence-corrected chi connectivity index (χ0v) is 12.6. The number of nitrogens with one attached hydrogen (secondary N) is 2. The minimum absolute atomic E-state index is 0.0722. The lowest BCUT2D eigenvalue weighted by molar-refractivity contribution is -0.124. The number of amides is 3. The van der Waals surface area contributed by atoms with E-state index in [4.69, 9.17) is 0 Å². The van der Waals surface area contributed by atoms with E-state index in [0.717, 1.165) is 6.26 Å². The summed E-state index contributed by atoms with van der Waals surface area (Å²) < 4.78 is 24.0. The van der Waals surface area contributed by atoms with Crippen LogP contribution >= 0.6 is 0 Å². The minimum Gasteiger partial charge on any atom is -0.353 e. The molecule has 0 saturated carbocycles. The Hall–Kier alpha value is -1.65. The third-order valence-electron chi connectivity index (χ3n) is 3.37. The Morgan fingerprint density at radius 3 is 2.76 bits per heavy atom. The topological polar surface area (TPSA) is 119 Å². The van der Waals surface area contributed by atoms with E-state index in [1.54, 1.807) is 13.0 Å². The van der Waals surface area contributed by atoms with Crippen LogP contribution in [0.5, 0.6) is 0 Å². The van der Waals surface area contributed by atoms with E-state index in [2.05, 4.69) is 10.0 Å². The van der Waals surface area contributed by atoms with Crippen LogP contribution in [0.15, 0.2) is 11.6 Å². The van der Waals surface area contributed by atoms with Gasteiger partial charge < -0.3 is 10.2 Å². The van der Waals surface area contributed by atoms with Gasteiger partial charge in [0.05, 0.1) is 18.8 Å². The van der Waals surface area contributed by atoms with Crippen molar-refractivity contribution in [1.82, 2.24) is 20.0 Å². The second-order valence-electron chi connectivity index (χ2n) is 5.12. The summed E-state index contributed by atoms with van der Waals surface area (Å²) in [5.41, 5.74) is 0.671. The summed E-state index contributed by atoms with van der Waals surface area (Å²) in [5.74, 6) is -0.402. The average molecular weight is 318 g/mol. The zero-order valence-electron chi connectivity index (χ0n) is 11.7. The van der Waals surface area contributed by atoms with Gasteiger partial charge in [0.2, 0.25) is 15.9 Å². The molecule has 2 bridgehead atoms. The van der Waals surface area contributed by atoms with Gasteiger partial charge in [-0.2, -0.15) is 5.06 Å². The molecule has 9 nitrogen and oxygen atoms in total. The molecule has 0 aromatic rings. The Bertz CT molecular complexity index is 587. The van der Waals surface area contributed by atoms with E-state index in [1.807, 2.05) is 0 Å². The van der Waals surface area contributed by atoms with E-state index < -0.39 is 34.0 Å². The van der Waals surface area contributed by atoms with Crippen molar-refractivity contribution in [3.05, 3.63) is 11.6 Å². The van der Waals surface area contributed by atoms with Gasteiger partial charge >= 0.3 is 6.03 Å². The summed E-state index contributed by atoms with van der Waals surface area (Å²) in [5, 5.41) is 12.8. The lowest BCUT2D eigenvalue weighted by atomic mass is 10.00. The highest BCUT2D eigenvalue weighted by atomic mass is 32.2. The van der Waals surface area contributed by atoms with Gasteiger partial charge in [0.1, 0.15) is 6.04 Å². The lowest BCUT2D eigenvalue weighted by Crippen LogP contribution is -2.51. The Kier molecular flexibility index (Phi) is 4.21. The quantitative estimate of drug-likeness (QED) is 0.323. The largest absolute Gasteiger partial charge is 0.353 e. The second kappa shape index (κ2) is 5.62. The predicted molar refractivity (Wildman–Crippen MR) is 72.9 cm³/mol. The van der Waals surface area contributed by atoms with Crippen molar-refractivity contribution < 1.29 is 23.2 Å². The first kappa shape index (κ1) is 15.7. The fourth-order valence-corrected chi connectivity index (χ4v) is 2.95. The van der Waals surface area contributed by atoms with Crippen LogP contribution in [0.25, 0.3) is 0 Å². The molecule has 2 aliphatic heterocycles. The van der Waals surface area contributed by atoms with Crippen molar-refractivity contribution in [2.45, 2.75) is 19.0 Å². The highest BCUT2D eigenvalue weighted by Gasteiger charge is 2.46. The molecule has 2 heterocycles. The minimum atomic E-state index is -3.30. The first-order valence-electron chi connectivity index (χ1n) is 6.40. The molecule has 21 heavy (non-hydrogen) atoms. The van der Waals surface area contributed by atoms with Gasteiger partial charge in [0, 0.05) is 13.1 Å². The third kappa shape index (κ3) is 3.34. The van der Waals surface area contributed by atoms with E-state index in [1.165, 1.54) is 4.90 Å². The van der Waals surface area contributed by atoms with Gasteiger partial charge in [-0.05, 0) is 12.5 Å². The molecule has 1 fully saturated rings. The molecule has 2 aliphatic rings. The standard InChI is InChI=1S/C11H18N4O5S/c1-7-5-8-6-14(11(17)15(8)18)9(7)10(16)12-3-4-13-21(2,19)20/h5,8-9,13,18H,3-4,6H2,1-2H3,(H,12,16)/t8-,9+/m1/s1. The molecular formula is C11H18N4O5S. The van der Waals surface area contributed by atoms with Crippen LogP contribution in [0.2, 0.25) is 0 Å². The van der Waals surface area contributed by atoms with E-state index in [9.17, 15) is 23.2 Å². The fraction of sp³-hybridized carbons (Fsp3) is 0.636. The van der Waals surface area contributed by atoms with Crippen LogP contribution in [-0.4, -0.2) is 73.5 Å². The number of sulfonamides is 1. The molecule has 2 rings (SSSR count). The number of fused-ring (bicyclic) bond motifs is 2. The molecule has 0 radical (unpaired) electrons. The monoisotopic (exact) mass is 318 g/mol. The summed E-state index contributed by atoms with van der Waals surface area (Å²) in [6.45, 7) is 2.16. The SMILES string of the molecule is CC1=C[C@@H]2CN(C(=O)N2O)[C@@H]1C(=O)NCCNS(C)(=O)=O. The van der Waals surface area contributed by atoms with Gasteiger partial charge in [-0.25, -0.2) is 17.9 Å². The van der Waals surface area contributed by atoms with Crippen LogP contribution in [0, 0.1) is 0 Å². The van der Waals surface area contributed by atoms with Crippen LogP contribution in [0.4, 0.5) is 4.79 Å². The number of urea groups is 1. The molecule has 0 spiro atoms. The molecule has 118 valence electrons. The molecule has 0 aliphatic carbocycles. The Labute approximate surface area is 122 Å². The van der Waals surface area contributed by atoms with Gasteiger partial charge in [-0.3, -0.25) is 10.0 Å². The van der Waals surface area contributed by atoms with Crippen LogP contribution in [-0.2, 0) is 14.8 Å². The smallest absolute Gasteiger partial charge is 0.345 e. The van der Waals surface area contributed by atoms with Crippen molar-refractivity contribution in [3.63, 3.8) is 0 Å². The zero-order chi connectivity index (χ0) is 15.8. The molecule has 0 aromatic carbocycles. The van der Waals surface area contributed by atoms with Gasteiger partial charge in [0.15, 0.2) is 0 Å². The number of hydrogen-bond acceptors (Lipinski definition) is 5. The van der Waals surface area contributed by atoms with Crippen LogP contribution < -0.4 is 10.0 Å². The second-order valence-corrected chi connectivity index (χ2v) is 6.95. The van der Waals surface area contributed by atoms with Crippen molar-refractivity contribution in [2.24, 2.45) is 0 Å². The molecule has 2 atom stereocenters. The number of nitrogens with zero attached hydrogens (tertiary/aromatic N) is 2. The number of carbonyl (C=O) groups is 2. The van der Waals surface area contributed by atoms with E-state index >= 15 is 0 Å². The van der Waals surface area contributed by atoms with Gasteiger partial charge in [0.25, 0.3) is 0 Å². The maximum absolute atomic E-state index is 12.1. The van der Waals surface area contributed by atoms with Crippen molar-refractivity contribution >= 4 is 22.0 Å². The third-order valence-corrected chi connectivity index (χ3v) is 4.10. The predicted octanol–water partition coefficient (Wildman–Crippen LogP) is -1.52. The van der Waals surface area contributed by atoms with Gasteiger partial charge in [-0.1, -0.05) is 6.08 Å². The Balaban J connectivity index is 1.95. The molecule has 1 saturated heterocycles. The first-order valence-corrected chi connectivity index (χ1v) is 8.29. The highest BCUT2D eigenvalue weighted by Crippen LogP contribution is 2.27. The summed E-state index contributed by atoms with van der Waals surface area (Å²) >= 11 is 0. The van der Waals surface area contributed by atoms with E-state index in [0.29, 0.717) is 10.6 Å². The summed E-state index contributed by atoms with van der Waals surface area (Å²) in [6, 6.07) is -1.81. The number of rotatable bonds is 5. The Morgan fingerprint density at radius 2 is 2.14 bits per heavy atom. The summed E-state index contributed by atoms with van der Waals surface area (Å²) in [4.78, 5) is 25.2. The maximum Gasteiger partial charge on any atom is 0.345 e. The number of hydroxylamine groups is 2. The number of carbonyl (C=O) groups excluding carboxylic acids is 2. The molecule has 0 unspecified atom stereocenters. The normalized spacial score (nSPS) is 25.1. The molecule has 10 heteroatoms. The van der Waals surface area contributed by atoms with Crippen LogP contribution in [0.1, 0.15) is 6.92 Å². The first-order chi connectivity index (χ1) is 9.70.